The summed E-state index contributed by atoms with van der Waals surface area (Å²) < 4.78 is 6.20. The molecule has 0 amide bonds. The molecule has 0 saturated heterocycles. The van der Waals surface area contributed by atoms with E-state index in [0.717, 1.165) is 40.8 Å². The number of H-pyrrole nitrogens is 1. The van der Waals surface area contributed by atoms with E-state index in [0.29, 0.717) is 6.61 Å². The summed E-state index contributed by atoms with van der Waals surface area (Å²) in [6.07, 6.45) is 5.94. The zero-order valence-electron chi connectivity index (χ0n) is 14.9. The Morgan fingerprint density at radius 1 is 1.00 bits per heavy atom. The number of aryl methyl sites for hydroxylation is 1. The van der Waals surface area contributed by atoms with Gasteiger partial charge in [-0.1, -0.05) is 55.8 Å². The van der Waals surface area contributed by atoms with Gasteiger partial charge >= 0.3 is 0 Å². The van der Waals surface area contributed by atoms with E-state index in [1.54, 1.807) is 6.20 Å². The summed E-state index contributed by atoms with van der Waals surface area (Å²) in [5.41, 5.74) is 5.64. The molecule has 3 nitrogen and oxygen atoms in total. The molecule has 0 aliphatic rings. The Morgan fingerprint density at radius 2 is 1.88 bits per heavy atom. The summed E-state index contributed by atoms with van der Waals surface area (Å²) in [7, 11) is 0. The van der Waals surface area contributed by atoms with Crippen LogP contribution in [-0.2, 0) is 13.0 Å². The fraction of sp³-hybridized carbons (Fsp3) is 0.174. The molecule has 4 aromatic rings. The average molecular weight is 342 g/mol. The predicted molar refractivity (Wildman–Crippen MR) is 106 cm³/mol. The lowest BCUT2D eigenvalue weighted by Crippen LogP contribution is -1.99. The van der Waals surface area contributed by atoms with Crippen LogP contribution in [0, 0.1) is 0 Å². The van der Waals surface area contributed by atoms with Gasteiger partial charge in [-0.3, -0.25) is 0 Å². The van der Waals surface area contributed by atoms with E-state index in [1.165, 1.54) is 11.1 Å². The average Bonchev–Trinajstić information content (AvgIpc) is 3.12. The van der Waals surface area contributed by atoms with E-state index < -0.39 is 0 Å². The third kappa shape index (κ3) is 3.33. The molecule has 2 heterocycles. The molecule has 0 atom stereocenters. The molecule has 130 valence electrons. The van der Waals surface area contributed by atoms with E-state index in [1.807, 2.05) is 30.5 Å². The first kappa shape index (κ1) is 16.4. The van der Waals surface area contributed by atoms with Crippen LogP contribution >= 0.6 is 0 Å². The fourth-order valence-electron chi connectivity index (χ4n) is 3.26. The molecule has 0 unspecified atom stereocenters. The molecule has 0 fully saturated rings. The number of fused-ring (bicyclic) bond motifs is 1. The summed E-state index contributed by atoms with van der Waals surface area (Å²) in [5, 5.41) is 1.13. The third-order valence-corrected chi connectivity index (χ3v) is 4.59. The monoisotopic (exact) mass is 342 g/mol. The second-order valence-electron chi connectivity index (χ2n) is 6.45. The van der Waals surface area contributed by atoms with Gasteiger partial charge in [0.15, 0.2) is 0 Å². The van der Waals surface area contributed by atoms with Gasteiger partial charge in [-0.25, -0.2) is 4.98 Å². The van der Waals surface area contributed by atoms with Crippen molar-refractivity contribution in [1.29, 1.82) is 0 Å². The van der Waals surface area contributed by atoms with Crippen LogP contribution in [0.4, 0.5) is 0 Å². The second kappa shape index (κ2) is 7.44. The molecule has 26 heavy (non-hydrogen) atoms. The highest BCUT2D eigenvalue weighted by Crippen LogP contribution is 2.32. The maximum Gasteiger partial charge on any atom is 0.137 e. The molecule has 0 saturated carbocycles. The molecule has 2 aromatic carbocycles. The molecule has 0 bridgehead atoms. The Balaban J connectivity index is 1.68. The number of hydrogen-bond acceptors (Lipinski definition) is 2. The van der Waals surface area contributed by atoms with E-state index in [9.17, 15) is 0 Å². The zero-order chi connectivity index (χ0) is 17.8. The summed E-state index contributed by atoms with van der Waals surface area (Å²) in [5.74, 6) is 0.964. The van der Waals surface area contributed by atoms with Gasteiger partial charge in [-0.15, -0.1) is 0 Å². The molecule has 0 spiro atoms. The molecule has 0 radical (unpaired) electrons. The van der Waals surface area contributed by atoms with Crippen LogP contribution in [0.5, 0.6) is 5.75 Å². The van der Waals surface area contributed by atoms with Crippen LogP contribution in [0.1, 0.15) is 24.5 Å². The highest BCUT2D eigenvalue weighted by atomic mass is 16.5. The van der Waals surface area contributed by atoms with Crippen molar-refractivity contribution in [3.8, 4) is 16.9 Å². The zero-order valence-corrected chi connectivity index (χ0v) is 14.9. The van der Waals surface area contributed by atoms with Crippen molar-refractivity contribution in [2.24, 2.45) is 0 Å². The van der Waals surface area contributed by atoms with Crippen molar-refractivity contribution in [1.82, 2.24) is 9.97 Å². The van der Waals surface area contributed by atoms with Crippen molar-refractivity contribution >= 4 is 11.0 Å². The predicted octanol–water partition coefficient (Wildman–Crippen LogP) is 5.76. The van der Waals surface area contributed by atoms with Gasteiger partial charge in [0.05, 0.1) is 0 Å². The van der Waals surface area contributed by atoms with Crippen LogP contribution in [0.3, 0.4) is 0 Å². The van der Waals surface area contributed by atoms with Crippen molar-refractivity contribution in [2.45, 2.75) is 26.4 Å². The molecule has 0 aliphatic heterocycles. The summed E-state index contributed by atoms with van der Waals surface area (Å²) in [4.78, 5) is 7.64. The number of nitrogens with zero attached hydrogens (tertiary/aromatic N) is 1. The Morgan fingerprint density at radius 3 is 2.73 bits per heavy atom. The molecule has 3 heteroatoms. The lowest BCUT2D eigenvalue weighted by molar-refractivity contribution is 0.303. The Hall–Kier alpha value is -3.07. The maximum atomic E-state index is 6.20. The van der Waals surface area contributed by atoms with Gasteiger partial charge in [0, 0.05) is 23.3 Å². The standard InChI is InChI=1S/C23H22N2O/c1-2-7-18-11-12-19(21-15-25-23-20(21)10-6-13-24-23)14-22(18)26-16-17-8-4-3-5-9-17/h3-6,8-15H,2,7,16H2,1H3,(H,24,25). The van der Waals surface area contributed by atoms with Gasteiger partial charge in [-0.05, 0) is 41.3 Å². The highest BCUT2D eigenvalue weighted by Gasteiger charge is 2.10. The van der Waals surface area contributed by atoms with Gasteiger partial charge in [0.2, 0.25) is 0 Å². The van der Waals surface area contributed by atoms with Gasteiger partial charge in [-0.2, -0.15) is 0 Å². The third-order valence-electron chi connectivity index (χ3n) is 4.59. The molecule has 1 N–H and O–H groups in total. The Bertz CT molecular complexity index is 1010. The van der Waals surface area contributed by atoms with Crippen molar-refractivity contribution in [3.05, 3.63) is 84.2 Å². The molecular weight excluding hydrogens is 320 g/mol. The number of hydrogen-bond donors (Lipinski definition) is 1. The minimum Gasteiger partial charge on any atom is -0.489 e. The minimum atomic E-state index is 0.580. The van der Waals surface area contributed by atoms with Gasteiger partial charge in [0.25, 0.3) is 0 Å². The van der Waals surface area contributed by atoms with Crippen LogP contribution in [0.15, 0.2) is 73.1 Å². The quantitative estimate of drug-likeness (QED) is 0.483. The Kier molecular flexibility index (Phi) is 4.69. The number of ether oxygens (including phenoxy) is 1. The van der Waals surface area contributed by atoms with Crippen LogP contribution in [0.25, 0.3) is 22.2 Å². The number of aromatic amines is 1. The lowest BCUT2D eigenvalue weighted by atomic mass is 10.0. The lowest BCUT2D eigenvalue weighted by Gasteiger charge is -2.13. The van der Waals surface area contributed by atoms with E-state index >= 15 is 0 Å². The largest absolute Gasteiger partial charge is 0.489 e. The van der Waals surface area contributed by atoms with Crippen LogP contribution < -0.4 is 4.74 Å². The highest BCUT2D eigenvalue weighted by molar-refractivity contribution is 5.93. The van der Waals surface area contributed by atoms with Gasteiger partial charge in [0.1, 0.15) is 18.0 Å². The number of aromatic nitrogens is 2. The van der Waals surface area contributed by atoms with E-state index in [4.69, 9.17) is 4.74 Å². The smallest absolute Gasteiger partial charge is 0.137 e. The van der Waals surface area contributed by atoms with Crippen molar-refractivity contribution < 1.29 is 4.74 Å². The first-order chi connectivity index (χ1) is 12.8. The normalized spacial score (nSPS) is 11.0. The number of benzene rings is 2. The van der Waals surface area contributed by atoms with Crippen LogP contribution in [0.2, 0.25) is 0 Å². The van der Waals surface area contributed by atoms with Crippen LogP contribution in [-0.4, -0.2) is 9.97 Å². The second-order valence-corrected chi connectivity index (χ2v) is 6.45. The molecule has 0 aliphatic carbocycles. The molecule has 2 aromatic heterocycles. The van der Waals surface area contributed by atoms with E-state index in [-0.39, 0.29) is 0 Å². The first-order valence-corrected chi connectivity index (χ1v) is 9.07. The Labute approximate surface area is 153 Å². The number of rotatable bonds is 6. The fourth-order valence-corrected chi connectivity index (χ4v) is 3.26. The minimum absolute atomic E-state index is 0.580. The molecular formula is C23H22N2O. The number of pyridine rings is 1. The van der Waals surface area contributed by atoms with E-state index in [2.05, 4.69) is 53.3 Å². The summed E-state index contributed by atoms with van der Waals surface area (Å²) >= 11 is 0. The van der Waals surface area contributed by atoms with Crippen molar-refractivity contribution in [3.63, 3.8) is 0 Å². The topological polar surface area (TPSA) is 37.9 Å². The summed E-state index contributed by atoms with van der Waals surface area (Å²) in [6.45, 7) is 2.77. The SMILES string of the molecule is CCCc1ccc(-c2c[nH]c3ncccc23)cc1OCc1ccccc1. The summed E-state index contributed by atoms with van der Waals surface area (Å²) in [6, 6.07) is 20.9. The van der Waals surface area contributed by atoms with Gasteiger partial charge < -0.3 is 9.72 Å². The van der Waals surface area contributed by atoms with Crippen molar-refractivity contribution in [2.75, 3.05) is 0 Å². The maximum absolute atomic E-state index is 6.20. The number of nitrogens with one attached hydrogen (secondary N) is 1. The molecule has 4 rings (SSSR count). The first-order valence-electron chi connectivity index (χ1n) is 9.07.